The lowest BCUT2D eigenvalue weighted by atomic mass is 10.2. The van der Waals surface area contributed by atoms with Crippen LogP contribution in [0.1, 0.15) is 12.5 Å². The second kappa shape index (κ2) is 8.05. The van der Waals surface area contributed by atoms with Crippen LogP contribution in [0.3, 0.4) is 0 Å². The first-order valence-corrected chi connectivity index (χ1v) is 8.12. The molecule has 0 saturated heterocycles. The number of nitrogens with one attached hydrogen (secondary N) is 1. The maximum absolute atomic E-state index is 12.2. The molecule has 2 aromatic carbocycles. The van der Waals surface area contributed by atoms with E-state index in [0.29, 0.717) is 16.8 Å². The molecule has 0 saturated carbocycles. The van der Waals surface area contributed by atoms with Gasteiger partial charge < -0.3 is 4.74 Å². The quantitative estimate of drug-likeness (QED) is 0.411. The van der Waals surface area contributed by atoms with Gasteiger partial charge in [0.25, 0.3) is 11.6 Å². The highest BCUT2D eigenvalue weighted by atomic mass is 16.6. The van der Waals surface area contributed by atoms with Gasteiger partial charge in [-0.15, -0.1) is 0 Å². The number of aromatic nitrogens is 1. The van der Waals surface area contributed by atoms with Gasteiger partial charge in [-0.25, -0.2) is 5.43 Å². The first-order valence-electron chi connectivity index (χ1n) is 8.12. The number of amides is 1. The van der Waals surface area contributed by atoms with Crippen molar-refractivity contribution >= 4 is 28.7 Å². The molecule has 0 fully saturated rings. The number of carbonyl (C=O) groups is 1. The predicted octanol–water partition coefficient (Wildman–Crippen LogP) is 3.06. The third kappa shape index (κ3) is 4.43. The number of rotatable bonds is 6. The number of carbonyl (C=O) groups excluding carboxylic acids is 1. The Hall–Kier alpha value is -3.81. The van der Waals surface area contributed by atoms with Gasteiger partial charge in [0.1, 0.15) is 11.3 Å². The highest BCUT2D eigenvalue weighted by Gasteiger charge is 2.15. The van der Waals surface area contributed by atoms with E-state index in [2.05, 4.69) is 15.5 Å². The average Bonchev–Trinajstić information content (AvgIpc) is 2.68. The number of pyridine rings is 1. The molecule has 0 bridgehead atoms. The van der Waals surface area contributed by atoms with Crippen LogP contribution >= 0.6 is 0 Å². The third-order valence-corrected chi connectivity index (χ3v) is 3.76. The Bertz CT molecular complexity index is 997. The summed E-state index contributed by atoms with van der Waals surface area (Å²) in [6, 6.07) is 15.0. The molecule has 136 valence electrons. The summed E-state index contributed by atoms with van der Waals surface area (Å²) in [7, 11) is 0. The number of nitro groups is 1. The first kappa shape index (κ1) is 18.0. The van der Waals surface area contributed by atoms with Crippen molar-refractivity contribution < 1.29 is 14.5 Å². The van der Waals surface area contributed by atoms with Gasteiger partial charge in [-0.3, -0.25) is 19.9 Å². The fraction of sp³-hybridized carbons (Fsp3) is 0.105. The molecule has 1 aromatic heterocycles. The van der Waals surface area contributed by atoms with E-state index in [9.17, 15) is 14.9 Å². The van der Waals surface area contributed by atoms with Gasteiger partial charge in [0.2, 0.25) is 0 Å². The van der Waals surface area contributed by atoms with Crippen LogP contribution in [0.4, 0.5) is 5.69 Å². The molecule has 1 amide bonds. The molecule has 0 aliphatic rings. The minimum absolute atomic E-state index is 0.0121. The number of hydrogen-bond donors (Lipinski definition) is 1. The highest BCUT2D eigenvalue weighted by Crippen LogP contribution is 2.23. The Kier molecular flexibility index (Phi) is 5.36. The Morgan fingerprint density at radius 3 is 2.70 bits per heavy atom. The lowest BCUT2D eigenvalue weighted by Gasteiger charge is -2.14. The Morgan fingerprint density at radius 1 is 1.22 bits per heavy atom. The molecule has 27 heavy (non-hydrogen) atoms. The summed E-state index contributed by atoms with van der Waals surface area (Å²) in [6.07, 6.45) is 2.27. The molecule has 0 unspecified atom stereocenters. The van der Waals surface area contributed by atoms with Crippen molar-refractivity contribution in [2.45, 2.75) is 13.0 Å². The molecule has 3 rings (SSSR count). The summed E-state index contributed by atoms with van der Waals surface area (Å²) in [6.45, 7) is 1.61. The van der Waals surface area contributed by atoms with Crippen LogP contribution in [-0.2, 0) is 4.79 Å². The van der Waals surface area contributed by atoms with Crippen molar-refractivity contribution in [2.75, 3.05) is 0 Å². The molecule has 1 atom stereocenters. The van der Waals surface area contributed by atoms with Crippen molar-refractivity contribution in [3.63, 3.8) is 0 Å². The number of nitrogens with zero attached hydrogens (tertiary/aromatic N) is 3. The van der Waals surface area contributed by atoms with E-state index in [-0.39, 0.29) is 5.69 Å². The van der Waals surface area contributed by atoms with Gasteiger partial charge in [-0.05, 0) is 36.8 Å². The normalized spacial score (nSPS) is 12.0. The number of hydrazone groups is 1. The van der Waals surface area contributed by atoms with Crippen LogP contribution in [0, 0.1) is 10.1 Å². The molecule has 8 heteroatoms. The van der Waals surface area contributed by atoms with Crippen molar-refractivity contribution in [1.82, 2.24) is 10.4 Å². The lowest BCUT2D eigenvalue weighted by Crippen LogP contribution is -2.33. The van der Waals surface area contributed by atoms with Crippen LogP contribution in [0.25, 0.3) is 10.9 Å². The van der Waals surface area contributed by atoms with E-state index in [1.54, 1.807) is 19.2 Å². The molecule has 0 radical (unpaired) electrons. The van der Waals surface area contributed by atoms with E-state index in [1.165, 1.54) is 30.5 Å². The average molecular weight is 364 g/mol. The summed E-state index contributed by atoms with van der Waals surface area (Å²) in [5.74, 6) is 0.0798. The van der Waals surface area contributed by atoms with Gasteiger partial charge in [-0.2, -0.15) is 5.10 Å². The predicted molar refractivity (Wildman–Crippen MR) is 101 cm³/mol. The van der Waals surface area contributed by atoms with Crippen LogP contribution in [0.5, 0.6) is 5.75 Å². The number of benzene rings is 2. The second-order valence-corrected chi connectivity index (χ2v) is 5.67. The number of para-hydroxylation sites is 1. The second-order valence-electron chi connectivity index (χ2n) is 5.67. The molecule has 3 aromatic rings. The number of non-ortho nitro benzene ring substituents is 1. The number of hydrogen-bond acceptors (Lipinski definition) is 6. The summed E-state index contributed by atoms with van der Waals surface area (Å²) >= 11 is 0. The fourth-order valence-corrected chi connectivity index (χ4v) is 2.36. The lowest BCUT2D eigenvalue weighted by molar-refractivity contribution is -0.384. The number of ether oxygens (including phenoxy) is 1. The maximum atomic E-state index is 12.2. The zero-order valence-electron chi connectivity index (χ0n) is 14.4. The van der Waals surface area contributed by atoms with E-state index >= 15 is 0 Å². The molecular weight excluding hydrogens is 348 g/mol. The Balaban J connectivity index is 1.61. The minimum atomic E-state index is -0.786. The summed E-state index contributed by atoms with van der Waals surface area (Å²) in [5, 5.41) is 15.4. The maximum Gasteiger partial charge on any atom is 0.280 e. The van der Waals surface area contributed by atoms with Crippen LogP contribution < -0.4 is 10.2 Å². The molecular formula is C19H16N4O4. The van der Waals surface area contributed by atoms with E-state index in [0.717, 1.165) is 5.39 Å². The van der Waals surface area contributed by atoms with Crippen LogP contribution in [0.2, 0.25) is 0 Å². The van der Waals surface area contributed by atoms with Gasteiger partial charge >= 0.3 is 0 Å². The van der Waals surface area contributed by atoms with E-state index in [4.69, 9.17) is 4.74 Å². The van der Waals surface area contributed by atoms with Crippen molar-refractivity contribution in [3.05, 3.63) is 76.5 Å². The third-order valence-electron chi connectivity index (χ3n) is 3.76. The van der Waals surface area contributed by atoms with Crippen molar-refractivity contribution in [2.24, 2.45) is 5.10 Å². The molecule has 0 aliphatic carbocycles. The largest absolute Gasteiger partial charge is 0.479 e. The van der Waals surface area contributed by atoms with E-state index < -0.39 is 16.9 Å². The summed E-state index contributed by atoms with van der Waals surface area (Å²) in [4.78, 5) is 26.6. The number of nitro benzene ring substituents is 1. The number of fused-ring (bicyclic) bond motifs is 1. The molecule has 0 aliphatic heterocycles. The highest BCUT2D eigenvalue weighted by molar-refractivity contribution is 5.86. The topological polar surface area (TPSA) is 107 Å². The summed E-state index contributed by atoms with van der Waals surface area (Å²) < 4.78 is 5.71. The monoisotopic (exact) mass is 364 g/mol. The Labute approximate surface area is 154 Å². The van der Waals surface area contributed by atoms with E-state index in [1.807, 2.05) is 24.3 Å². The zero-order chi connectivity index (χ0) is 19.2. The zero-order valence-corrected chi connectivity index (χ0v) is 14.4. The molecule has 0 spiro atoms. The van der Waals surface area contributed by atoms with Gasteiger partial charge in [0.15, 0.2) is 6.10 Å². The SMILES string of the molecule is C[C@@H](Oc1cccc2cccnc12)C(=O)N/N=C\c1ccc([N+](=O)[O-])cc1. The van der Waals surface area contributed by atoms with Crippen molar-refractivity contribution in [1.29, 1.82) is 0 Å². The van der Waals surface area contributed by atoms with Crippen LogP contribution in [0.15, 0.2) is 65.9 Å². The van der Waals surface area contributed by atoms with Crippen LogP contribution in [-0.4, -0.2) is 28.1 Å². The fourth-order valence-electron chi connectivity index (χ4n) is 2.36. The molecule has 1 heterocycles. The Morgan fingerprint density at radius 2 is 1.96 bits per heavy atom. The van der Waals surface area contributed by atoms with Crippen molar-refractivity contribution in [3.8, 4) is 5.75 Å². The van der Waals surface area contributed by atoms with Gasteiger partial charge in [-0.1, -0.05) is 18.2 Å². The minimum Gasteiger partial charge on any atom is -0.479 e. The smallest absolute Gasteiger partial charge is 0.280 e. The molecule has 1 N–H and O–H groups in total. The standard InChI is InChI=1S/C19H16N4O4/c1-13(27-17-6-2-4-15-5-3-11-20-18(15)17)19(24)22-21-12-14-7-9-16(10-8-14)23(25)26/h2-13H,1H3,(H,22,24)/b21-12-/t13-/m1/s1. The molecule has 8 nitrogen and oxygen atoms in total. The van der Waals surface area contributed by atoms with Gasteiger partial charge in [0.05, 0.1) is 11.1 Å². The first-order chi connectivity index (χ1) is 13.0. The van der Waals surface area contributed by atoms with Gasteiger partial charge in [0, 0.05) is 23.7 Å². The summed E-state index contributed by atoms with van der Waals surface area (Å²) in [5.41, 5.74) is 3.67.